The Morgan fingerprint density at radius 2 is 1.38 bits per heavy atom. The van der Waals surface area contributed by atoms with Gasteiger partial charge in [-0.1, -0.05) is 74.7 Å². The lowest BCUT2D eigenvalue weighted by Gasteiger charge is -2.36. The molecule has 0 aromatic heterocycles. The van der Waals surface area contributed by atoms with Gasteiger partial charge in [-0.05, 0) is 90.5 Å². The number of nitrogens with one attached hydrogen (secondary N) is 2. The molecule has 2 aromatic carbocycles. The number of carbonyl (C=O) groups is 5. The highest BCUT2D eigenvalue weighted by molar-refractivity contribution is 5.94. The number of amides is 4. The van der Waals surface area contributed by atoms with Gasteiger partial charge in [0.15, 0.2) is 0 Å². The van der Waals surface area contributed by atoms with Crippen LogP contribution in [0, 0.1) is 13.8 Å². The van der Waals surface area contributed by atoms with Crippen molar-refractivity contribution in [3.63, 3.8) is 0 Å². The molecule has 3 unspecified atom stereocenters. The van der Waals surface area contributed by atoms with E-state index in [1.165, 1.54) is 4.90 Å². The lowest BCUT2D eigenvalue weighted by atomic mass is 9.92. The van der Waals surface area contributed by atoms with Crippen molar-refractivity contribution >= 4 is 29.8 Å². The molecule has 276 valence electrons. The highest BCUT2D eigenvalue weighted by Gasteiger charge is 2.39. The van der Waals surface area contributed by atoms with Gasteiger partial charge in [0.2, 0.25) is 17.7 Å². The van der Waals surface area contributed by atoms with Gasteiger partial charge in [-0.3, -0.25) is 14.4 Å². The number of nitrogens with two attached hydrogens (primary N) is 1. The molecule has 0 saturated heterocycles. The van der Waals surface area contributed by atoms with Crippen LogP contribution in [0.2, 0.25) is 0 Å². The Bertz CT molecular complexity index is 1430. The second-order valence-corrected chi connectivity index (χ2v) is 14.8. The first-order valence-electron chi connectivity index (χ1n) is 17.5. The Hall–Kier alpha value is -4.41. The molecular formula is C39H58N4O7. The molecular weight excluding hydrogens is 636 g/mol. The number of ether oxygens (including phenoxy) is 2. The van der Waals surface area contributed by atoms with E-state index in [0.29, 0.717) is 12.0 Å². The summed E-state index contributed by atoms with van der Waals surface area (Å²) in [5.74, 6) is -2.41. The van der Waals surface area contributed by atoms with Gasteiger partial charge in [0, 0.05) is 19.4 Å². The fourth-order valence-corrected chi connectivity index (χ4v) is 5.62. The van der Waals surface area contributed by atoms with Crippen molar-refractivity contribution in [1.29, 1.82) is 0 Å². The molecule has 4 amide bonds. The molecule has 2 rings (SSSR count). The fourth-order valence-electron chi connectivity index (χ4n) is 5.62. The van der Waals surface area contributed by atoms with E-state index in [2.05, 4.69) is 17.6 Å². The molecule has 0 saturated carbocycles. The lowest BCUT2D eigenvalue weighted by molar-refractivity contribution is -0.159. The number of alkyl carbamates (subject to hydrolysis) is 1. The molecule has 0 aliphatic rings. The maximum Gasteiger partial charge on any atom is 0.408 e. The fraction of sp³-hybridized carbons (Fsp3) is 0.564. The standard InChI is InChI=1S/C39H58N4O7/c1-10-11-12-16-24-43(35(46)29(22-23-31(40)44)42-37(48)50-39(7,8)9)33(32-26(2)18-17-19-27(32)3)34(45)41-30(36(47)49-38(4,5)6)25-28-20-14-13-15-21-28/h13-15,17-21,29-30,33H,10-12,16,22-25H2,1-9H3,(H2,40,44)(H,41,45)(H,42,48). The highest BCUT2D eigenvalue weighted by Crippen LogP contribution is 2.30. The Morgan fingerprint density at radius 1 is 0.780 bits per heavy atom. The predicted molar refractivity (Wildman–Crippen MR) is 194 cm³/mol. The van der Waals surface area contributed by atoms with Crippen LogP contribution in [0.5, 0.6) is 0 Å². The van der Waals surface area contributed by atoms with Crippen LogP contribution in [0.4, 0.5) is 4.79 Å². The summed E-state index contributed by atoms with van der Waals surface area (Å²) in [6.07, 6.45) is 2.26. The van der Waals surface area contributed by atoms with Crippen LogP contribution >= 0.6 is 0 Å². The van der Waals surface area contributed by atoms with Crippen LogP contribution in [-0.4, -0.2) is 64.5 Å². The third-order valence-electron chi connectivity index (χ3n) is 7.87. The molecule has 0 radical (unpaired) electrons. The van der Waals surface area contributed by atoms with Crippen molar-refractivity contribution in [3.8, 4) is 0 Å². The van der Waals surface area contributed by atoms with Gasteiger partial charge in [0.25, 0.3) is 0 Å². The van der Waals surface area contributed by atoms with Crippen LogP contribution in [-0.2, 0) is 35.1 Å². The summed E-state index contributed by atoms with van der Waals surface area (Å²) >= 11 is 0. The van der Waals surface area contributed by atoms with Gasteiger partial charge in [-0.15, -0.1) is 0 Å². The molecule has 0 spiro atoms. The monoisotopic (exact) mass is 694 g/mol. The first-order chi connectivity index (χ1) is 23.3. The second kappa shape index (κ2) is 19.1. The number of unbranched alkanes of at least 4 members (excludes halogenated alkanes) is 3. The van der Waals surface area contributed by atoms with E-state index in [1.807, 2.05) is 62.4 Å². The number of hydrogen-bond acceptors (Lipinski definition) is 7. The van der Waals surface area contributed by atoms with Crippen LogP contribution in [0.15, 0.2) is 48.5 Å². The van der Waals surface area contributed by atoms with Crippen molar-refractivity contribution in [3.05, 3.63) is 70.8 Å². The van der Waals surface area contributed by atoms with E-state index in [1.54, 1.807) is 41.5 Å². The molecule has 0 aliphatic heterocycles. The number of aryl methyl sites for hydroxylation is 2. The number of esters is 1. The van der Waals surface area contributed by atoms with E-state index in [4.69, 9.17) is 15.2 Å². The van der Waals surface area contributed by atoms with Crippen LogP contribution in [0.1, 0.15) is 115 Å². The van der Waals surface area contributed by atoms with Gasteiger partial charge in [0.1, 0.15) is 29.3 Å². The minimum atomic E-state index is -1.23. The molecule has 0 bridgehead atoms. The zero-order chi connectivity index (χ0) is 37.6. The number of carbonyl (C=O) groups excluding carboxylic acids is 5. The molecule has 11 nitrogen and oxygen atoms in total. The Labute approximate surface area is 298 Å². The summed E-state index contributed by atoms with van der Waals surface area (Å²) in [5, 5.41) is 5.58. The van der Waals surface area contributed by atoms with Gasteiger partial charge in [-0.2, -0.15) is 0 Å². The van der Waals surface area contributed by atoms with E-state index >= 15 is 0 Å². The Kier molecular flexibility index (Phi) is 16.0. The Morgan fingerprint density at radius 3 is 1.92 bits per heavy atom. The molecule has 2 aromatic rings. The lowest BCUT2D eigenvalue weighted by Crippen LogP contribution is -2.55. The summed E-state index contributed by atoms with van der Waals surface area (Å²) in [7, 11) is 0. The maximum atomic E-state index is 14.8. The summed E-state index contributed by atoms with van der Waals surface area (Å²) in [4.78, 5) is 69.4. The van der Waals surface area contributed by atoms with E-state index in [0.717, 1.165) is 36.0 Å². The first-order valence-corrected chi connectivity index (χ1v) is 17.5. The van der Waals surface area contributed by atoms with Gasteiger partial charge in [-0.25, -0.2) is 9.59 Å². The van der Waals surface area contributed by atoms with Crippen molar-refractivity contribution in [2.24, 2.45) is 5.73 Å². The second-order valence-electron chi connectivity index (χ2n) is 14.8. The summed E-state index contributed by atoms with van der Waals surface area (Å²) in [5.41, 5.74) is 6.76. The maximum absolute atomic E-state index is 14.8. The van der Waals surface area contributed by atoms with E-state index in [9.17, 15) is 24.0 Å². The average molecular weight is 695 g/mol. The molecule has 0 heterocycles. The molecule has 0 fully saturated rings. The van der Waals surface area contributed by atoms with Crippen LogP contribution in [0.25, 0.3) is 0 Å². The SMILES string of the molecule is CCCCCCN(C(=O)C(CCC(N)=O)NC(=O)OC(C)(C)C)C(C(=O)NC(Cc1ccccc1)C(=O)OC(C)(C)C)c1c(C)cccc1C. The number of hydrogen-bond donors (Lipinski definition) is 3. The number of benzene rings is 2. The first kappa shape index (κ1) is 41.8. The van der Waals surface area contributed by atoms with Crippen molar-refractivity contribution in [1.82, 2.24) is 15.5 Å². The number of primary amides is 1. The third kappa shape index (κ3) is 14.2. The number of rotatable bonds is 17. The van der Waals surface area contributed by atoms with Crippen molar-refractivity contribution in [2.75, 3.05) is 6.54 Å². The van der Waals surface area contributed by atoms with Crippen molar-refractivity contribution < 1.29 is 33.4 Å². The molecule has 0 aliphatic carbocycles. The van der Waals surface area contributed by atoms with Crippen molar-refractivity contribution in [2.45, 2.75) is 137 Å². The summed E-state index contributed by atoms with van der Waals surface area (Å²) in [6, 6.07) is 11.4. The van der Waals surface area contributed by atoms with Crippen LogP contribution < -0.4 is 16.4 Å². The zero-order valence-corrected chi connectivity index (χ0v) is 31.4. The Balaban J connectivity index is 2.71. The van der Waals surface area contributed by atoms with Gasteiger partial charge < -0.3 is 30.7 Å². The summed E-state index contributed by atoms with van der Waals surface area (Å²) < 4.78 is 11.2. The minimum Gasteiger partial charge on any atom is -0.458 e. The molecule has 3 atom stereocenters. The summed E-state index contributed by atoms with van der Waals surface area (Å²) in [6.45, 7) is 16.3. The van der Waals surface area contributed by atoms with Gasteiger partial charge in [0.05, 0.1) is 0 Å². The highest BCUT2D eigenvalue weighted by atomic mass is 16.6. The van der Waals surface area contributed by atoms with E-state index in [-0.39, 0.29) is 25.8 Å². The quantitative estimate of drug-likeness (QED) is 0.136. The zero-order valence-electron chi connectivity index (χ0n) is 31.4. The average Bonchev–Trinajstić information content (AvgIpc) is 2.99. The molecule has 4 N–H and O–H groups in total. The normalized spacial score (nSPS) is 13.4. The predicted octanol–water partition coefficient (Wildman–Crippen LogP) is 5.98. The van der Waals surface area contributed by atoms with Crippen LogP contribution in [0.3, 0.4) is 0 Å². The van der Waals surface area contributed by atoms with Gasteiger partial charge >= 0.3 is 12.1 Å². The topological polar surface area (TPSA) is 157 Å². The third-order valence-corrected chi connectivity index (χ3v) is 7.87. The molecule has 11 heteroatoms. The smallest absolute Gasteiger partial charge is 0.408 e. The minimum absolute atomic E-state index is 0.103. The largest absolute Gasteiger partial charge is 0.458 e. The van der Waals surface area contributed by atoms with E-state index < -0.39 is 59.1 Å². The number of nitrogens with zero attached hydrogens (tertiary/aromatic N) is 1. The molecule has 50 heavy (non-hydrogen) atoms.